The van der Waals surface area contributed by atoms with E-state index < -0.39 is 6.10 Å². The summed E-state index contributed by atoms with van der Waals surface area (Å²) in [5.74, 6) is -0.881. The summed E-state index contributed by atoms with van der Waals surface area (Å²) in [6.07, 6.45) is 64.4. The molecule has 0 bridgehead atoms. The largest absolute Gasteiger partial charge is 0.462 e. The molecule has 0 fully saturated rings. The molecule has 0 aliphatic rings. The molecular formula is C59H108O6. The normalized spacial score (nSPS) is 12.2. The maximum absolute atomic E-state index is 12.8. The van der Waals surface area contributed by atoms with Crippen LogP contribution in [0.25, 0.3) is 0 Å². The van der Waals surface area contributed by atoms with Crippen LogP contribution in [0.4, 0.5) is 0 Å². The highest BCUT2D eigenvalue weighted by Crippen LogP contribution is 2.16. The van der Waals surface area contributed by atoms with Crippen molar-refractivity contribution in [1.29, 1.82) is 0 Å². The molecule has 0 aromatic heterocycles. The van der Waals surface area contributed by atoms with E-state index in [-0.39, 0.29) is 31.1 Å². The molecule has 0 aliphatic carbocycles. The first-order valence-electron chi connectivity index (χ1n) is 28.5. The molecule has 0 aliphatic heterocycles. The zero-order chi connectivity index (χ0) is 47.2. The Hall–Kier alpha value is -2.37. The third-order valence-electron chi connectivity index (χ3n) is 12.6. The van der Waals surface area contributed by atoms with Crippen LogP contribution < -0.4 is 0 Å². The van der Waals surface area contributed by atoms with Crippen LogP contribution in [-0.4, -0.2) is 37.2 Å². The van der Waals surface area contributed by atoms with E-state index >= 15 is 0 Å². The minimum Gasteiger partial charge on any atom is -0.462 e. The Morgan fingerprint density at radius 3 is 0.908 bits per heavy atom. The summed E-state index contributed by atoms with van der Waals surface area (Å²) in [5.41, 5.74) is 0. The SMILES string of the molecule is CCCC/C=C\C/C=C\CCCCCCCC(=O)OC(COC(=O)CCCCCCCCCC)COC(=O)CCCCCCCCCCCCCCC/C=C\CCCCCCCCCC. The number of hydrogen-bond donors (Lipinski definition) is 0. The zero-order valence-electron chi connectivity index (χ0n) is 43.5. The Bertz CT molecular complexity index is 1090. The number of allylic oxidation sites excluding steroid dienone is 6. The molecule has 0 saturated heterocycles. The van der Waals surface area contributed by atoms with Gasteiger partial charge in [0, 0.05) is 19.3 Å². The molecule has 0 aromatic rings. The molecular weight excluding hydrogens is 805 g/mol. The van der Waals surface area contributed by atoms with Gasteiger partial charge in [0.25, 0.3) is 0 Å². The van der Waals surface area contributed by atoms with E-state index in [0.717, 1.165) is 83.5 Å². The van der Waals surface area contributed by atoms with Gasteiger partial charge in [-0.3, -0.25) is 14.4 Å². The van der Waals surface area contributed by atoms with Crippen LogP contribution in [0.15, 0.2) is 36.5 Å². The summed E-state index contributed by atoms with van der Waals surface area (Å²) in [7, 11) is 0. The standard InChI is InChI=1S/C59H108O6/c1-4-7-10-13-16-19-21-23-25-26-27-28-29-30-31-32-33-34-35-37-38-40-43-46-49-52-58(61)64-55-56(54-63-57(60)51-48-45-42-18-15-12-9-6-3)65-59(62)53-50-47-44-41-39-36-24-22-20-17-14-11-8-5-2/h14,17,22,24,26-27,56H,4-13,15-16,18-21,23,25,28-55H2,1-3H3/b17-14-,24-22-,27-26-. The van der Waals surface area contributed by atoms with Crippen molar-refractivity contribution in [3.05, 3.63) is 36.5 Å². The van der Waals surface area contributed by atoms with E-state index in [4.69, 9.17) is 14.2 Å². The van der Waals surface area contributed by atoms with Gasteiger partial charge in [-0.25, -0.2) is 0 Å². The Morgan fingerprint density at radius 1 is 0.308 bits per heavy atom. The van der Waals surface area contributed by atoms with Crippen LogP contribution >= 0.6 is 0 Å². The van der Waals surface area contributed by atoms with Gasteiger partial charge in [-0.1, -0.05) is 250 Å². The topological polar surface area (TPSA) is 78.9 Å². The predicted octanol–water partition coefficient (Wildman–Crippen LogP) is 18.9. The zero-order valence-corrected chi connectivity index (χ0v) is 43.5. The molecule has 0 N–H and O–H groups in total. The third-order valence-corrected chi connectivity index (χ3v) is 12.6. The lowest BCUT2D eigenvalue weighted by atomic mass is 10.0. The van der Waals surface area contributed by atoms with E-state index in [1.165, 1.54) is 180 Å². The molecule has 0 spiro atoms. The van der Waals surface area contributed by atoms with Crippen molar-refractivity contribution in [3.63, 3.8) is 0 Å². The van der Waals surface area contributed by atoms with E-state index in [9.17, 15) is 14.4 Å². The molecule has 0 heterocycles. The maximum Gasteiger partial charge on any atom is 0.306 e. The molecule has 1 atom stereocenters. The lowest BCUT2D eigenvalue weighted by molar-refractivity contribution is -0.167. The fraction of sp³-hybridized carbons (Fsp3) is 0.847. The number of carbonyl (C=O) groups excluding carboxylic acids is 3. The Kier molecular flexibility index (Phi) is 52.3. The number of carbonyl (C=O) groups is 3. The van der Waals surface area contributed by atoms with Gasteiger partial charge in [0.05, 0.1) is 0 Å². The molecule has 0 amide bonds. The van der Waals surface area contributed by atoms with E-state index in [1.807, 2.05) is 0 Å². The molecule has 380 valence electrons. The first-order chi connectivity index (χ1) is 32.0. The van der Waals surface area contributed by atoms with Crippen molar-refractivity contribution in [2.45, 2.75) is 309 Å². The van der Waals surface area contributed by atoms with Gasteiger partial charge in [-0.2, -0.15) is 0 Å². The van der Waals surface area contributed by atoms with Crippen LogP contribution in [0.5, 0.6) is 0 Å². The first-order valence-corrected chi connectivity index (χ1v) is 28.5. The van der Waals surface area contributed by atoms with Gasteiger partial charge in [-0.15, -0.1) is 0 Å². The summed E-state index contributed by atoms with van der Waals surface area (Å²) in [4.78, 5) is 37.9. The fourth-order valence-corrected chi connectivity index (χ4v) is 8.28. The quantitative estimate of drug-likeness (QED) is 0.0262. The molecule has 0 rings (SSSR count). The molecule has 1 unspecified atom stereocenters. The number of esters is 3. The molecule has 6 nitrogen and oxygen atoms in total. The van der Waals surface area contributed by atoms with Crippen molar-refractivity contribution < 1.29 is 28.6 Å². The predicted molar refractivity (Wildman–Crippen MR) is 279 cm³/mol. The Balaban J connectivity index is 4.14. The number of ether oxygens (including phenoxy) is 3. The fourth-order valence-electron chi connectivity index (χ4n) is 8.28. The van der Waals surface area contributed by atoms with Gasteiger partial charge >= 0.3 is 17.9 Å². The Morgan fingerprint density at radius 2 is 0.569 bits per heavy atom. The highest BCUT2D eigenvalue weighted by atomic mass is 16.6. The molecule has 0 radical (unpaired) electrons. The summed E-state index contributed by atoms with van der Waals surface area (Å²) >= 11 is 0. The van der Waals surface area contributed by atoms with Crippen LogP contribution in [-0.2, 0) is 28.6 Å². The lowest BCUT2D eigenvalue weighted by Gasteiger charge is -2.18. The third kappa shape index (κ3) is 52.5. The van der Waals surface area contributed by atoms with Gasteiger partial charge in [0.2, 0.25) is 0 Å². The maximum atomic E-state index is 12.8. The summed E-state index contributed by atoms with van der Waals surface area (Å²) in [5, 5.41) is 0. The van der Waals surface area contributed by atoms with Gasteiger partial charge in [0.1, 0.15) is 13.2 Å². The summed E-state index contributed by atoms with van der Waals surface area (Å²) < 4.78 is 16.8. The summed E-state index contributed by atoms with van der Waals surface area (Å²) in [6, 6.07) is 0. The van der Waals surface area contributed by atoms with Crippen molar-refractivity contribution >= 4 is 17.9 Å². The first kappa shape index (κ1) is 62.6. The molecule has 0 aromatic carbocycles. The highest BCUT2D eigenvalue weighted by molar-refractivity contribution is 5.71. The lowest BCUT2D eigenvalue weighted by Crippen LogP contribution is -2.30. The van der Waals surface area contributed by atoms with E-state index in [0.29, 0.717) is 19.3 Å². The smallest absolute Gasteiger partial charge is 0.306 e. The second-order valence-electron chi connectivity index (χ2n) is 19.2. The van der Waals surface area contributed by atoms with Crippen LogP contribution in [0.2, 0.25) is 0 Å². The van der Waals surface area contributed by atoms with Gasteiger partial charge in [0.15, 0.2) is 6.10 Å². The van der Waals surface area contributed by atoms with Crippen molar-refractivity contribution in [1.82, 2.24) is 0 Å². The molecule has 6 heteroatoms. The monoisotopic (exact) mass is 913 g/mol. The van der Waals surface area contributed by atoms with Crippen molar-refractivity contribution in [2.75, 3.05) is 13.2 Å². The van der Waals surface area contributed by atoms with Crippen LogP contribution in [0.3, 0.4) is 0 Å². The Labute approximate surface area is 404 Å². The molecule has 0 saturated carbocycles. The average molecular weight is 914 g/mol. The van der Waals surface area contributed by atoms with Crippen molar-refractivity contribution in [3.8, 4) is 0 Å². The second-order valence-corrected chi connectivity index (χ2v) is 19.2. The molecule has 65 heavy (non-hydrogen) atoms. The van der Waals surface area contributed by atoms with Crippen LogP contribution in [0, 0.1) is 0 Å². The van der Waals surface area contributed by atoms with Gasteiger partial charge in [-0.05, 0) is 70.6 Å². The van der Waals surface area contributed by atoms with E-state index in [1.54, 1.807) is 0 Å². The minimum atomic E-state index is -0.774. The summed E-state index contributed by atoms with van der Waals surface area (Å²) in [6.45, 7) is 6.59. The number of hydrogen-bond acceptors (Lipinski definition) is 6. The van der Waals surface area contributed by atoms with E-state index in [2.05, 4.69) is 57.2 Å². The minimum absolute atomic E-state index is 0.0750. The van der Waals surface area contributed by atoms with Crippen LogP contribution in [0.1, 0.15) is 303 Å². The van der Waals surface area contributed by atoms with Crippen molar-refractivity contribution in [2.24, 2.45) is 0 Å². The number of rotatable bonds is 52. The van der Waals surface area contributed by atoms with Gasteiger partial charge < -0.3 is 14.2 Å². The number of unbranched alkanes of at least 4 members (excludes halogenated alkanes) is 35. The average Bonchev–Trinajstić information content (AvgIpc) is 3.30. The second kappa shape index (κ2) is 54.2. The highest BCUT2D eigenvalue weighted by Gasteiger charge is 2.19.